The van der Waals surface area contributed by atoms with Crippen molar-refractivity contribution in [3.05, 3.63) is 54.1 Å². The molecule has 2 aromatic carbocycles. The Morgan fingerprint density at radius 3 is 2.54 bits per heavy atom. The normalized spacial score (nSPS) is 13.9. The molecule has 0 aromatic heterocycles. The molecule has 1 aliphatic rings. The van der Waals surface area contributed by atoms with Gasteiger partial charge in [0, 0.05) is 24.5 Å². The molecule has 2 N–H and O–H groups in total. The van der Waals surface area contributed by atoms with Gasteiger partial charge < -0.3 is 15.4 Å². The lowest BCUT2D eigenvalue weighted by Gasteiger charge is -2.27. The van der Waals surface area contributed by atoms with Crippen molar-refractivity contribution in [1.82, 2.24) is 5.32 Å². The fraction of sp³-hybridized carbons (Fsp3) is 0.300. The molecule has 0 saturated carbocycles. The molecule has 0 radical (unpaired) electrons. The maximum atomic E-state index is 12.2. The number of benzene rings is 2. The SMILES string of the molecule is CCOc1ccc(CC(=O)Nc2ccc(N3CCCNC3=O)cc2)cc1. The van der Waals surface area contributed by atoms with E-state index < -0.39 is 0 Å². The van der Waals surface area contributed by atoms with E-state index in [4.69, 9.17) is 4.74 Å². The maximum absolute atomic E-state index is 12.2. The van der Waals surface area contributed by atoms with E-state index in [0.717, 1.165) is 30.0 Å². The van der Waals surface area contributed by atoms with Crippen molar-refractivity contribution in [1.29, 1.82) is 0 Å². The van der Waals surface area contributed by atoms with Crippen LogP contribution in [0.25, 0.3) is 0 Å². The summed E-state index contributed by atoms with van der Waals surface area (Å²) in [5.74, 6) is 0.714. The zero-order chi connectivity index (χ0) is 18.4. The van der Waals surface area contributed by atoms with Crippen LogP contribution < -0.4 is 20.3 Å². The minimum absolute atomic E-state index is 0.0801. The summed E-state index contributed by atoms with van der Waals surface area (Å²) in [6.45, 7) is 3.98. The van der Waals surface area contributed by atoms with E-state index in [9.17, 15) is 9.59 Å². The van der Waals surface area contributed by atoms with E-state index in [1.807, 2.05) is 55.5 Å². The molecule has 6 nitrogen and oxygen atoms in total. The average Bonchev–Trinajstić information content (AvgIpc) is 2.65. The number of urea groups is 1. The number of hydrogen-bond donors (Lipinski definition) is 2. The number of anilines is 2. The molecule has 0 atom stereocenters. The summed E-state index contributed by atoms with van der Waals surface area (Å²) in [5, 5.41) is 5.71. The van der Waals surface area contributed by atoms with Gasteiger partial charge in [-0.05, 0) is 55.3 Å². The van der Waals surface area contributed by atoms with Crippen LogP contribution in [0.15, 0.2) is 48.5 Å². The van der Waals surface area contributed by atoms with E-state index in [1.54, 1.807) is 4.90 Å². The number of nitrogens with one attached hydrogen (secondary N) is 2. The van der Waals surface area contributed by atoms with Crippen LogP contribution in [0.2, 0.25) is 0 Å². The molecule has 1 fully saturated rings. The quantitative estimate of drug-likeness (QED) is 0.838. The first-order valence-electron chi connectivity index (χ1n) is 8.82. The Bertz CT molecular complexity index is 757. The van der Waals surface area contributed by atoms with E-state index >= 15 is 0 Å². The van der Waals surface area contributed by atoms with Gasteiger partial charge >= 0.3 is 6.03 Å². The zero-order valence-electron chi connectivity index (χ0n) is 14.8. The maximum Gasteiger partial charge on any atom is 0.321 e. The van der Waals surface area contributed by atoms with E-state index in [-0.39, 0.29) is 11.9 Å². The largest absolute Gasteiger partial charge is 0.494 e. The van der Waals surface area contributed by atoms with Gasteiger partial charge in [-0.15, -0.1) is 0 Å². The third-order valence-corrected chi connectivity index (χ3v) is 4.14. The van der Waals surface area contributed by atoms with Crippen LogP contribution >= 0.6 is 0 Å². The molecule has 0 bridgehead atoms. The zero-order valence-corrected chi connectivity index (χ0v) is 14.8. The van der Waals surface area contributed by atoms with Crippen molar-refractivity contribution in [3.8, 4) is 5.75 Å². The van der Waals surface area contributed by atoms with Gasteiger partial charge in [-0.25, -0.2) is 4.79 Å². The molecule has 2 aromatic rings. The topological polar surface area (TPSA) is 70.7 Å². The minimum Gasteiger partial charge on any atom is -0.494 e. The predicted molar refractivity (Wildman–Crippen MR) is 102 cm³/mol. The van der Waals surface area contributed by atoms with Gasteiger partial charge in [0.2, 0.25) is 5.91 Å². The Morgan fingerprint density at radius 1 is 1.15 bits per heavy atom. The Labute approximate surface area is 153 Å². The third kappa shape index (κ3) is 4.53. The summed E-state index contributed by atoms with van der Waals surface area (Å²) in [5.41, 5.74) is 2.46. The fourth-order valence-corrected chi connectivity index (χ4v) is 2.86. The summed E-state index contributed by atoms with van der Waals surface area (Å²) >= 11 is 0. The molecule has 6 heteroatoms. The van der Waals surface area contributed by atoms with Gasteiger partial charge in [-0.2, -0.15) is 0 Å². The fourth-order valence-electron chi connectivity index (χ4n) is 2.86. The van der Waals surface area contributed by atoms with Crippen LogP contribution in [0.3, 0.4) is 0 Å². The van der Waals surface area contributed by atoms with Gasteiger partial charge in [0.15, 0.2) is 0 Å². The molecule has 0 aliphatic carbocycles. The monoisotopic (exact) mass is 353 g/mol. The highest BCUT2D eigenvalue weighted by atomic mass is 16.5. The Morgan fingerprint density at radius 2 is 1.88 bits per heavy atom. The number of amides is 3. The highest BCUT2D eigenvalue weighted by Gasteiger charge is 2.18. The summed E-state index contributed by atoms with van der Waals surface area (Å²) in [6.07, 6.45) is 1.22. The summed E-state index contributed by atoms with van der Waals surface area (Å²) in [4.78, 5) is 25.8. The molecule has 0 spiro atoms. The molecule has 3 rings (SSSR count). The summed E-state index contributed by atoms with van der Waals surface area (Å²) < 4.78 is 5.40. The molecule has 136 valence electrons. The standard InChI is InChI=1S/C20H23N3O3/c1-2-26-18-10-4-15(5-11-18)14-19(24)22-16-6-8-17(9-7-16)23-13-3-12-21-20(23)25/h4-11H,2-3,12-14H2,1H3,(H,21,25)(H,22,24). The van der Waals surface area contributed by atoms with Crippen LogP contribution in [0.5, 0.6) is 5.75 Å². The second-order valence-corrected chi connectivity index (χ2v) is 6.09. The number of ether oxygens (including phenoxy) is 1. The molecule has 1 heterocycles. The van der Waals surface area contributed by atoms with Crippen molar-refractivity contribution in [3.63, 3.8) is 0 Å². The third-order valence-electron chi connectivity index (χ3n) is 4.14. The van der Waals surface area contributed by atoms with Crippen molar-refractivity contribution in [2.75, 3.05) is 29.9 Å². The van der Waals surface area contributed by atoms with Crippen molar-refractivity contribution in [2.45, 2.75) is 19.8 Å². The van der Waals surface area contributed by atoms with E-state index in [1.165, 1.54) is 0 Å². The number of carbonyl (C=O) groups is 2. The van der Waals surface area contributed by atoms with E-state index in [2.05, 4.69) is 10.6 Å². The lowest BCUT2D eigenvalue weighted by Crippen LogP contribution is -2.46. The van der Waals surface area contributed by atoms with Crippen molar-refractivity contribution >= 4 is 23.3 Å². The predicted octanol–water partition coefficient (Wildman–Crippen LogP) is 3.19. The van der Waals surface area contributed by atoms with Gasteiger partial charge in [0.1, 0.15) is 5.75 Å². The van der Waals surface area contributed by atoms with Gasteiger partial charge in [0.05, 0.1) is 13.0 Å². The van der Waals surface area contributed by atoms with Crippen LogP contribution in [0.1, 0.15) is 18.9 Å². The number of hydrogen-bond acceptors (Lipinski definition) is 3. The Kier molecular flexibility index (Phi) is 5.73. The average molecular weight is 353 g/mol. The van der Waals surface area contributed by atoms with Gasteiger partial charge in [-0.3, -0.25) is 9.69 Å². The first kappa shape index (κ1) is 17.8. The first-order valence-corrected chi connectivity index (χ1v) is 8.82. The first-order chi connectivity index (χ1) is 12.7. The Balaban J connectivity index is 1.56. The van der Waals surface area contributed by atoms with Gasteiger partial charge in [-0.1, -0.05) is 12.1 Å². The molecule has 0 unspecified atom stereocenters. The van der Waals surface area contributed by atoms with Crippen LogP contribution in [-0.2, 0) is 11.2 Å². The lowest BCUT2D eigenvalue weighted by molar-refractivity contribution is -0.115. The Hall–Kier alpha value is -3.02. The molecule has 26 heavy (non-hydrogen) atoms. The van der Waals surface area contributed by atoms with Crippen LogP contribution in [0, 0.1) is 0 Å². The highest BCUT2D eigenvalue weighted by molar-refractivity contribution is 5.94. The number of carbonyl (C=O) groups excluding carboxylic acids is 2. The molecular weight excluding hydrogens is 330 g/mol. The smallest absolute Gasteiger partial charge is 0.321 e. The highest BCUT2D eigenvalue weighted by Crippen LogP contribution is 2.20. The van der Waals surface area contributed by atoms with Crippen molar-refractivity contribution < 1.29 is 14.3 Å². The molecule has 1 aliphatic heterocycles. The van der Waals surface area contributed by atoms with Crippen LogP contribution in [0.4, 0.5) is 16.2 Å². The summed E-state index contributed by atoms with van der Waals surface area (Å²) in [6, 6.07) is 14.7. The summed E-state index contributed by atoms with van der Waals surface area (Å²) in [7, 11) is 0. The molecule has 3 amide bonds. The van der Waals surface area contributed by atoms with Crippen LogP contribution in [-0.4, -0.2) is 31.6 Å². The molecule has 1 saturated heterocycles. The number of rotatable bonds is 6. The minimum atomic E-state index is -0.0855. The molecular formula is C20H23N3O3. The second kappa shape index (κ2) is 8.38. The van der Waals surface area contributed by atoms with Gasteiger partial charge in [0.25, 0.3) is 0 Å². The lowest BCUT2D eigenvalue weighted by atomic mass is 10.1. The number of nitrogens with zero attached hydrogens (tertiary/aromatic N) is 1. The second-order valence-electron chi connectivity index (χ2n) is 6.09. The van der Waals surface area contributed by atoms with Crippen molar-refractivity contribution in [2.24, 2.45) is 0 Å². The van der Waals surface area contributed by atoms with E-state index in [0.29, 0.717) is 25.3 Å².